The highest BCUT2D eigenvalue weighted by Gasteiger charge is 2.10. The Hall–Kier alpha value is -2.53. The minimum absolute atomic E-state index is 0.0668. The molecule has 0 saturated heterocycles. The summed E-state index contributed by atoms with van der Waals surface area (Å²) in [7, 11) is 1.63. The molecule has 2 N–H and O–H groups in total. The van der Waals surface area contributed by atoms with Gasteiger partial charge in [-0.05, 0) is 18.2 Å². The molecule has 0 aliphatic rings. The molecule has 0 aromatic heterocycles. The number of para-hydroxylation sites is 2. The van der Waals surface area contributed by atoms with Crippen molar-refractivity contribution >= 4 is 11.7 Å². The van der Waals surface area contributed by atoms with Crippen LogP contribution in [0.15, 0.2) is 54.6 Å². The number of hydrogen-bond acceptors (Lipinski definition) is 3. The van der Waals surface area contributed by atoms with Gasteiger partial charge in [-0.25, -0.2) is 4.79 Å². The van der Waals surface area contributed by atoms with Crippen molar-refractivity contribution in [2.45, 2.75) is 6.61 Å². The molecule has 0 heterocycles. The maximum absolute atomic E-state index is 12.0. The van der Waals surface area contributed by atoms with Crippen molar-refractivity contribution in [1.29, 1.82) is 0 Å². The summed E-state index contributed by atoms with van der Waals surface area (Å²) in [5, 5.41) is 11.7. The van der Waals surface area contributed by atoms with Gasteiger partial charge in [0.15, 0.2) is 0 Å². The van der Waals surface area contributed by atoms with Crippen LogP contribution in [-0.2, 0) is 6.61 Å². The highest BCUT2D eigenvalue weighted by Crippen LogP contribution is 2.18. The van der Waals surface area contributed by atoms with E-state index in [1.807, 2.05) is 54.6 Å². The molecule has 0 saturated carbocycles. The summed E-state index contributed by atoms with van der Waals surface area (Å²) >= 11 is 0. The zero-order valence-corrected chi connectivity index (χ0v) is 12.5. The molecule has 0 fully saturated rings. The minimum Gasteiger partial charge on any atom is -0.489 e. The number of anilines is 1. The van der Waals surface area contributed by atoms with E-state index in [1.54, 1.807) is 7.05 Å². The number of carbonyl (C=O) groups excluding carboxylic acids is 1. The molecular weight excluding hydrogens is 280 g/mol. The van der Waals surface area contributed by atoms with Gasteiger partial charge < -0.3 is 20.1 Å². The number of ether oxygens (including phenoxy) is 1. The van der Waals surface area contributed by atoms with Gasteiger partial charge in [-0.1, -0.05) is 36.4 Å². The Balaban J connectivity index is 2.02. The van der Waals surface area contributed by atoms with Crippen molar-refractivity contribution in [3.05, 3.63) is 60.2 Å². The second kappa shape index (κ2) is 8.05. The molecule has 0 atom stereocenters. The van der Waals surface area contributed by atoms with Crippen molar-refractivity contribution < 1.29 is 14.6 Å². The number of carbonyl (C=O) groups is 1. The highest BCUT2D eigenvalue weighted by atomic mass is 16.5. The Bertz CT molecular complexity index is 602. The Morgan fingerprint density at radius 2 is 1.82 bits per heavy atom. The zero-order chi connectivity index (χ0) is 15.8. The van der Waals surface area contributed by atoms with Gasteiger partial charge in [0.2, 0.25) is 0 Å². The molecule has 5 heteroatoms. The lowest BCUT2D eigenvalue weighted by Crippen LogP contribution is -2.33. The maximum Gasteiger partial charge on any atom is 0.321 e. The van der Waals surface area contributed by atoms with E-state index in [0.29, 0.717) is 12.3 Å². The van der Waals surface area contributed by atoms with E-state index in [2.05, 4.69) is 5.32 Å². The Labute approximate surface area is 130 Å². The number of urea groups is 1. The molecule has 2 amide bonds. The van der Waals surface area contributed by atoms with Gasteiger partial charge in [-0.15, -0.1) is 0 Å². The van der Waals surface area contributed by atoms with Gasteiger partial charge in [0.1, 0.15) is 12.4 Å². The van der Waals surface area contributed by atoms with Crippen LogP contribution in [0.5, 0.6) is 5.75 Å². The van der Waals surface area contributed by atoms with E-state index < -0.39 is 0 Å². The molecule has 2 aromatic rings. The third-order valence-corrected chi connectivity index (χ3v) is 3.18. The van der Waals surface area contributed by atoms with Gasteiger partial charge in [0.25, 0.3) is 0 Å². The Kier molecular flexibility index (Phi) is 5.80. The second-order valence-electron chi connectivity index (χ2n) is 4.83. The van der Waals surface area contributed by atoms with Crippen LogP contribution in [0.4, 0.5) is 10.5 Å². The van der Waals surface area contributed by atoms with E-state index in [1.165, 1.54) is 4.90 Å². The molecule has 116 valence electrons. The van der Waals surface area contributed by atoms with E-state index in [9.17, 15) is 4.79 Å². The first-order valence-electron chi connectivity index (χ1n) is 7.09. The summed E-state index contributed by atoms with van der Waals surface area (Å²) in [6.07, 6.45) is 0. The second-order valence-corrected chi connectivity index (χ2v) is 4.83. The number of nitrogens with one attached hydrogen (secondary N) is 1. The molecule has 0 unspecified atom stereocenters. The topological polar surface area (TPSA) is 61.8 Å². The fourth-order valence-corrected chi connectivity index (χ4v) is 1.91. The van der Waals surface area contributed by atoms with Crippen LogP contribution >= 0.6 is 0 Å². The predicted molar refractivity (Wildman–Crippen MR) is 86.0 cm³/mol. The molecule has 0 spiro atoms. The monoisotopic (exact) mass is 300 g/mol. The molecule has 0 radical (unpaired) electrons. The zero-order valence-electron chi connectivity index (χ0n) is 12.5. The standard InChI is InChI=1S/C17H20N2O3/c1-19(11-12-20)17(21)18-16-10-6-5-7-14(16)13-22-15-8-3-2-4-9-15/h2-10,20H,11-13H2,1H3,(H,18,21). The van der Waals surface area contributed by atoms with Gasteiger partial charge >= 0.3 is 6.03 Å². The summed E-state index contributed by atoms with van der Waals surface area (Å²) < 4.78 is 5.72. The smallest absolute Gasteiger partial charge is 0.321 e. The van der Waals surface area contributed by atoms with Crippen LogP contribution in [0.3, 0.4) is 0 Å². The van der Waals surface area contributed by atoms with Crippen molar-refractivity contribution in [3.8, 4) is 5.75 Å². The number of amides is 2. The highest BCUT2D eigenvalue weighted by molar-refractivity contribution is 5.89. The predicted octanol–water partition coefficient (Wildman–Crippen LogP) is 2.72. The normalized spacial score (nSPS) is 10.1. The fourth-order valence-electron chi connectivity index (χ4n) is 1.91. The van der Waals surface area contributed by atoms with E-state index >= 15 is 0 Å². The van der Waals surface area contributed by atoms with Gasteiger partial charge in [0, 0.05) is 24.8 Å². The van der Waals surface area contributed by atoms with Gasteiger partial charge in [-0.2, -0.15) is 0 Å². The number of rotatable bonds is 6. The number of likely N-dealkylation sites (N-methyl/N-ethyl adjacent to an activating group) is 1. The number of hydrogen-bond donors (Lipinski definition) is 2. The van der Waals surface area contributed by atoms with Crippen LogP contribution in [0.1, 0.15) is 5.56 Å². The van der Waals surface area contributed by atoms with Crippen LogP contribution in [0.25, 0.3) is 0 Å². The molecule has 2 aromatic carbocycles. The van der Waals surface area contributed by atoms with Crippen molar-refractivity contribution in [3.63, 3.8) is 0 Å². The molecule has 0 aliphatic heterocycles. The average molecular weight is 300 g/mol. The first kappa shape index (κ1) is 15.9. The van der Waals surface area contributed by atoms with E-state index in [0.717, 1.165) is 11.3 Å². The van der Waals surface area contributed by atoms with Crippen molar-refractivity contribution in [2.24, 2.45) is 0 Å². The summed E-state index contributed by atoms with van der Waals surface area (Å²) in [6, 6.07) is 16.7. The molecule has 5 nitrogen and oxygen atoms in total. The molecule has 2 rings (SSSR count). The van der Waals surface area contributed by atoms with Crippen LogP contribution in [0.2, 0.25) is 0 Å². The summed E-state index contributed by atoms with van der Waals surface area (Å²) in [5.74, 6) is 0.779. The molecular formula is C17H20N2O3. The molecule has 22 heavy (non-hydrogen) atoms. The molecule has 0 aliphatic carbocycles. The lowest BCUT2D eigenvalue weighted by molar-refractivity contribution is 0.202. The molecule has 0 bridgehead atoms. The Morgan fingerprint density at radius 3 is 2.55 bits per heavy atom. The number of aliphatic hydroxyl groups is 1. The first-order chi connectivity index (χ1) is 10.7. The Morgan fingerprint density at radius 1 is 1.14 bits per heavy atom. The summed E-state index contributed by atoms with van der Waals surface area (Å²) in [6.45, 7) is 0.585. The summed E-state index contributed by atoms with van der Waals surface area (Å²) in [5.41, 5.74) is 1.59. The maximum atomic E-state index is 12.0. The number of aliphatic hydroxyl groups excluding tert-OH is 1. The fraction of sp³-hybridized carbons (Fsp3) is 0.235. The third kappa shape index (κ3) is 4.49. The van der Waals surface area contributed by atoms with Crippen LogP contribution in [-0.4, -0.2) is 36.2 Å². The van der Waals surface area contributed by atoms with E-state index in [-0.39, 0.29) is 19.2 Å². The van der Waals surface area contributed by atoms with Gasteiger partial charge in [0.05, 0.1) is 6.61 Å². The third-order valence-electron chi connectivity index (χ3n) is 3.18. The van der Waals surface area contributed by atoms with Crippen LogP contribution in [0, 0.1) is 0 Å². The largest absolute Gasteiger partial charge is 0.489 e. The quantitative estimate of drug-likeness (QED) is 0.862. The minimum atomic E-state index is -0.263. The van der Waals surface area contributed by atoms with Crippen molar-refractivity contribution in [2.75, 3.05) is 25.5 Å². The van der Waals surface area contributed by atoms with Gasteiger partial charge in [-0.3, -0.25) is 0 Å². The number of nitrogens with zero attached hydrogens (tertiary/aromatic N) is 1. The SMILES string of the molecule is CN(CCO)C(=O)Nc1ccccc1COc1ccccc1. The van der Waals surface area contributed by atoms with Crippen molar-refractivity contribution in [1.82, 2.24) is 4.90 Å². The average Bonchev–Trinajstić information content (AvgIpc) is 2.55. The number of benzene rings is 2. The first-order valence-corrected chi connectivity index (χ1v) is 7.09. The van der Waals surface area contributed by atoms with Crippen LogP contribution < -0.4 is 10.1 Å². The summed E-state index contributed by atoms with van der Waals surface area (Å²) in [4.78, 5) is 13.4. The lowest BCUT2D eigenvalue weighted by atomic mass is 10.2. The lowest BCUT2D eigenvalue weighted by Gasteiger charge is -2.18. The van der Waals surface area contributed by atoms with E-state index in [4.69, 9.17) is 9.84 Å².